The van der Waals surface area contributed by atoms with Crippen LogP contribution in [0.1, 0.15) is 32.1 Å². The number of carboxylic acids is 1. The summed E-state index contributed by atoms with van der Waals surface area (Å²) in [4.78, 5) is 24.2. The van der Waals surface area contributed by atoms with E-state index in [-0.39, 0.29) is 12.3 Å². The number of aliphatic carboxylic acids is 1. The van der Waals surface area contributed by atoms with Gasteiger partial charge in [-0.15, -0.1) is 0 Å². The van der Waals surface area contributed by atoms with Crippen LogP contribution in [0.5, 0.6) is 0 Å². The van der Waals surface area contributed by atoms with Gasteiger partial charge in [-0.3, -0.25) is 9.59 Å². The molecule has 1 aliphatic rings. The molecular formula is C12H23N3O3. The second-order valence-corrected chi connectivity index (χ2v) is 4.75. The molecule has 4 N–H and O–H groups in total. The van der Waals surface area contributed by atoms with Gasteiger partial charge in [0.1, 0.15) is 0 Å². The second-order valence-electron chi connectivity index (χ2n) is 4.75. The number of likely N-dealkylation sites (tertiary alicyclic amines) is 1. The number of nitrogens with two attached hydrogens (primary N) is 1. The van der Waals surface area contributed by atoms with Crippen LogP contribution in [0.2, 0.25) is 0 Å². The fourth-order valence-electron chi connectivity index (χ4n) is 2.11. The molecule has 0 radical (unpaired) electrons. The molecule has 1 fully saturated rings. The number of hydrogen-bond acceptors (Lipinski definition) is 4. The number of amides is 1. The van der Waals surface area contributed by atoms with E-state index in [0.717, 1.165) is 26.1 Å². The van der Waals surface area contributed by atoms with Crippen molar-refractivity contribution >= 4 is 11.9 Å². The minimum atomic E-state index is -1.05. The van der Waals surface area contributed by atoms with Crippen LogP contribution in [-0.4, -0.2) is 54.1 Å². The molecule has 1 heterocycles. The zero-order valence-electron chi connectivity index (χ0n) is 10.7. The first kappa shape index (κ1) is 14.9. The van der Waals surface area contributed by atoms with Crippen molar-refractivity contribution < 1.29 is 14.7 Å². The summed E-state index contributed by atoms with van der Waals surface area (Å²) >= 11 is 0. The fourth-order valence-corrected chi connectivity index (χ4v) is 2.11. The lowest BCUT2D eigenvalue weighted by molar-refractivity contribution is -0.139. The highest BCUT2D eigenvalue weighted by molar-refractivity contribution is 5.85. The number of carboxylic acid groups (broad SMARTS) is 1. The first-order valence-corrected chi connectivity index (χ1v) is 6.57. The summed E-state index contributed by atoms with van der Waals surface area (Å²) < 4.78 is 0. The molecule has 1 saturated heterocycles. The van der Waals surface area contributed by atoms with E-state index in [4.69, 9.17) is 10.8 Å². The number of rotatable bonds is 7. The predicted octanol–water partition coefficient (Wildman–Crippen LogP) is -0.219. The van der Waals surface area contributed by atoms with Crippen LogP contribution < -0.4 is 11.1 Å². The van der Waals surface area contributed by atoms with Crippen LogP contribution in [0, 0.1) is 0 Å². The van der Waals surface area contributed by atoms with Crippen LogP contribution in [0.25, 0.3) is 0 Å². The third-order valence-corrected chi connectivity index (χ3v) is 3.13. The summed E-state index contributed by atoms with van der Waals surface area (Å²) in [5.41, 5.74) is 5.44. The lowest BCUT2D eigenvalue weighted by atomic mass is 10.1. The van der Waals surface area contributed by atoms with E-state index in [1.54, 1.807) is 0 Å². The van der Waals surface area contributed by atoms with Crippen molar-refractivity contribution in [2.24, 2.45) is 5.73 Å². The number of nitrogens with one attached hydrogen (secondary N) is 1. The first-order valence-electron chi connectivity index (χ1n) is 6.57. The Labute approximate surface area is 108 Å². The molecule has 1 amide bonds. The van der Waals surface area contributed by atoms with Crippen molar-refractivity contribution in [2.45, 2.75) is 38.1 Å². The fraction of sp³-hybridized carbons (Fsp3) is 0.833. The maximum Gasteiger partial charge on any atom is 0.305 e. The van der Waals surface area contributed by atoms with Crippen molar-refractivity contribution in [3.8, 4) is 0 Å². The summed E-state index contributed by atoms with van der Waals surface area (Å²) in [6, 6.07) is -0.947. The number of carbonyl (C=O) groups excluding carboxylic acids is 1. The van der Waals surface area contributed by atoms with Gasteiger partial charge >= 0.3 is 5.97 Å². The molecule has 6 nitrogen and oxygen atoms in total. The van der Waals surface area contributed by atoms with Crippen LogP contribution in [0.3, 0.4) is 0 Å². The molecule has 1 aliphatic heterocycles. The lowest BCUT2D eigenvalue weighted by Gasteiger charge is -2.26. The average molecular weight is 257 g/mol. The molecule has 0 bridgehead atoms. The highest BCUT2D eigenvalue weighted by Gasteiger charge is 2.16. The normalized spacial score (nSPS) is 18.3. The first-order chi connectivity index (χ1) is 8.59. The third-order valence-electron chi connectivity index (χ3n) is 3.13. The zero-order chi connectivity index (χ0) is 13.4. The summed E-state index contributed by atoms with van der Waals surface area (Å²) in [6.45, 7) is 3.83. The van der Waals surface area contributed by atoms with E-state index in [2.05, 4.69) is 10.2 Å². The Morgan fingerprint density at radius 3 is 2.56 bits per heavy atom. The molecule has 0 aromatic heterocycles. The van der Waals surface area contributed by atoms with E-state index >= 15 is 0 Å². The molecule has 0 saturated carbocycles. The van der Waals surface area contributed by atoms with Gasteiger partial charge in [0.25, 0.3) is 0 Å². The van der Waals surface area contributed by atoms with Gasteiger partial charge in [0, 0.05) is 6.54 Å². The second kappa shape index (κ2) is 8.05. The van der Waals surface area contributed by atoms with E-state index in [1.165, 1.54) is 19.3 Å². The minimum Gasteiger partial charge on any atom is -0.481 e. The Kier molecular flexibility index (Phi) is 6.67. The van der Waals surface area contributed by atoms with Gasteiger partial charge in [0.2, 0.25) is 5.91 Å². The molecular weight excluding hydrogens is 234 g/mol. The Bertz CT molecular complexity index is 278. The standard InChI is InChI=1S/C12H23N3O3/c13-10(9-11(16)17)12(18)14-5-4-8-15-6-2-1-3-7-15/h10H,1-9,13H2,(H,14,18)(H,16,17). The highest BCUT2D eigenvalue weighted by atomic mass is 16.4. The zero-order valence-corrected chi connectivity index (χ0v) is 10.7. The van der Waals surface area contributed by atoms with Gasteiger partial charge in [-0.05, 0) is 38.9 Å². The van der Waals surface area contributed by atoms with Crippen LogP contribution in [0.4, 0.5) is 0 Å². The predicted molar refractivity (Wildman–Crippen MR) is 68.1 cm³/mol. The summed E-state index contributed by atoms with van der Waals surface area (Å²) in [5, 5.41) is 11.2. The number of nitrogens with zero attached hydrogens (tertiary/aromatic N) is 1. The van der Waals surface area contributed by atoms with E-state index in [0.29, 0.717) is 6.54 Å². The van der Waals surface area contributed by atoms with Crippen LogP contribution in [0.15, 0.2) is 0 Å². The van der Waals surface area contributed by atoms with Gasteiger partial charge < -0.3 is 21.1 Å². The maximum absolute atomic E-state index is 11.4. The largest absolute Gasteiger partial charge is 0.481 e. The maximum atomic E-state index is 11.4. The molecule has 0 aromatic carbocycles. The van der Waals surface area contributed by atoms with Crippen LogP contribution >= 0.6 is 0 Å². The molecule has 1 rings (SSSR count). The van der Waals surface area contributed by atoms with Gasteiger partial charge in [-0.1, -0.05) is 6.42 Å². The third kappa shape index (κ3) is 5.97. The highest BCUT2D eigenvalue weighted by Crippen LogP contribution is 2.08. The summed E-state index contributed by atoms with van der Waals surface area (Å²) in [7, 11) is 0. The van der Waals surface area contributed by atoms with Gasteiger partial charge in [0.15, 0.2) is 0 Å². The quantitative estimate of drug-likeness (QED) is 0.548. The smallest absolute Gasteiger partial charge is 0.305 e. The number of carbonyl (C=O) groups is 2. The lowest BCUT2D eigenvalue weighted by Crippen LogP contribution is -2.43. The number of hydrogen-bond donors (Lipinski definition) is 3. The van der Waals surface area contributed by atoms with Crippen LogP contribution in [-0.2, 0) is 9.59 Å². The van der Waals surface area contributed by atoms with Crippen molar-refractivity contribution in [1.82, 2.24) is 10.2 Å². The van der Waals surface area contributed by atoms with Gasteiger partial charge in [0.05, 0.1) is 12.5 Å². The van der Waals surface area contributed by atoms with E-state index in [1.807, 2.05) is 0 Å². The molecule has 0 spiro atoms. The Hall–Kier alpha value is -1.14. The van der Waals surface area contributed by atoms with Crippen molar-refractivity contribution in [2.75, 3.05) is 26.2 Å². The Morgan fingerprint density at radius 2 is 1.94 bits per heavy atom. The van der Waals surface area contributed by atoms with Crippen molar-refractivity contribution in [1.29, 1.82) is 0 Å². The topological polar surface area (TPSA) is 95.7 Å². The molecule has 0 aliphatic carbocycles. The monoisotopic (exact) mass is 257 g/mol. The Balaban J connectivity index is 2.05. The summed E-state index contributed by atoms with van der Waals surface area (Å²) in [6.07, 6.45) is 4.40. The number of piperidine rings is 1. The Morgan fingerprint density at radius 1 is 1.28 bits per heavy atom. The molecule has 1 unspecified atom stereocenters. The molecule has 6 heteroatoms. The molecule has 18 heavy (non-hydrogen) atoms. The van der Waals surface area contributed by atoms with Gasteiger partial charge in [-0.2, -0.15) is 0 Å². The SMILES string of the molecule is NC(CC(=O)O)C(=O)NCCCN1CCCCC1. The van der Waals surface area contributed by atoms with E-state index < -0.39 is 12.0 Å². The minimum absolute atomic E-state index is 0.321. The van der Waals surface area contributed by atoms with Gasteiger partial charge in [-0.25, -0.2) is 0 Å². The molecule has 104 valence electrons. The average Bonchev–Trinajstić information content (AvgIpc) is 2.34. The van der Waals surface area contributed by atoms with Crippen molar-refractivity contribution in [3.63, 3.8) is 0 Å². The molecule has 1 atom stereocenters. The van der Waals surface area contributed by atoms with E-state index in [9.17, 15) is 9.59 Å². The van der Waals surface area contributed by atoms with Crippen molar-refractivity contribution in [3.05, 3.63) is 0 Å². The molecule has 0 aromatic rings. The summed E-state index contributed by atoms with van der Waals surface area (Å²) in [5.74, 6) is -1.43.